The van der Waals surface area contributed by atoms with Crippen molar-refractivity contribution in [3.63, 3.8) is 0 Å². The van der Waals surface area contributed by atoms with Gasteiger partial charge in [-0.3, -0.25) is 0 Å². The molecule has 0 heterocycles. The second kappa shape index (κ2) is 18.9. The molecule has 3 nitrogen and oxygen atoms in total. The largest absolute Gasteiger partial charge is 0.494 e. The first-order valence-electron chi connectivity index (χ1n) is 22.5. The van der Waals surface area contributed by atoms with Crippen LogP contribution in [0.15, 0.2) is 72.8 Å². The molecule has 4 aliphatic rings. The van der Waals surface area contributed by atoms with Crippen molar-refractivity contribution in [3.8, 4) is 16.9 Å². The Kier molecular flexibility index (Phi) is 14.3. The summed E-state index contributed by atoms with van der Waals surface area (Å²) in [5, 5.41) is 0. The van der Waals surface area contributed by atoms with Gasteiger partial charge in [-0.15, -0.1) is 6.58 Å². The van der Waals surface area contributed by atoms with E-state index in [1.165, 1.54) is 89.9 Å². The number of carbonyl (C=O) groups excluding carboxylic acids is 1. The van der Waals surface area contributed by atoms with Crippen molar-refractivity contribution in [2.24, 2.45) is 46.3 Å². The minimum atomic E-state index is -0.186. The average molecular weight is 735 g/mol. The van der Waals surface area contributed by atoms with Crippen molar-refractivity contribution < 1.29 is 14.3 Å². The normalized spacial score (nSPS) is 29.4. The third-order valence-corrected chi connectivity index (χ3v) is 15.2. The van der Waals surface area contributed by atoms with Crippen molar-refractivity contribution in [2.45, 2.75) is 163 Å². The highest BCUT2D eigenvalue weighted by Gasteiger charge is 2.59. The monoisotopic (exact) mass is 735 g/mol. The van der Waals surface area contributed by atoms with E-state index in [2.05, 4.69) is 71.5 Å². The molecule has 0 aromatic heterocycles. The number of benzene rings is 2. The lowest BCUT2D eigenvalue weighted by molar-refractivity contribution is -0.0594. The molecule has 2 aromatic rings. The fourth-order valence-corrected chi connectivity index (χ4v) is 12.0. The van der Waals surface area contributed by atoms with Gasteiger partial charge in [-0.1, -0.05) is 128 Å². The fourth-order valence-electron chi connectivity index (χ4n) is 12.0. The maximum atomic E-state index is 13.4. The molecule has 3 heteroatoms. The SMILES string of the molecule is C=CCCCCCCCCCOc1ccc(-c2ccc(C(=O)OC3CC[C@@]4(C)C(=CC[C@H]5[C@@H]6CC[C@H]([C@H](C)CCCC(C)C)[C@@]6(C)CC[C@@H]54)C3)cc2)cc1. The molecule has 0 bridgehead atoms. The van der Waals surface area contributed by atoms with Crippen LogP contribution in [0, 0.1) is 46.3 Å². The van der Waals surface area contributed by atoms with E-state index in [1.54, 1.807) is 5.57 Å². The molecule has 8 atom stereocenters. The first-order valence-corrected chi connectivity index (χ1v) is 22.5. The predicted octanol–water partition coefficient (Wildman–Crippen LogP) is 14.6. The van der Waals surface area contributed by atoms with Crippen LogP contribution in [0.4, 0.5) is 0 Å². The zero-order valence-electron chi connectivity index (χ0n) is 34.9. The van der Waals surface area contributed by atoms with Crippen LogP contribution in [-0.2, 0) is 4.74 Å². The maximum absolute atomic E-state index is 13.4. The van der Waals surface area contributed by atoms with Crippen LogP contribution in [0.1, 0.15) is 167 Å². The van der Waals surface area contributed by atoms with Gasteiger partial charge in [0.25, 0.3) is 0 Å². The Morgan fingerprint density at radius 2 is 1.48 bits per heavy atom. The standard InChI is InChI=1S/C51H74O3/c1-7-8-9-10-11-12-13-14-15-35-53-43-26-23-40(24-27-43)39-19-21-41(22-20-39)49(52)54-44-31-33-50(5)42(36-44)25-28-45-47-30-29-46(38(4)18-16-17-37(2)3)51(47,6)34-32-48(45)50/h7,19-27,37-38,44-48H,1,8-18,28-36H2,2-6H3/t38-,44?,45+,46-,47+,48+,50+,51-/m1/s1. The quantitative estimate of drug-likeness (QED) is 0.0819. The number of fused-ring (bicyclic) bond motifs is 5. The summed E-state index contributed by atoms with van der Waals surface area (Å²) in [6.07, 6.45) is 28.7. The topological polar surface area (TPSA) is 35.5 Å². The van der Waals surface area contributed by atoms with E-state index in [0.717, 1.165) is 91.1 Å². The van der Waals surface area contributed by atoms with Crippen LogP contribution in [0.25, 0.3) is 11.1 Å². The van der Waals surface area contributed by atoms with Crippen LogP contribution in [0.3, 0.4) is 0 Å². The number of carbonyl (C=O) groups is 1. The molecule has 4 aliphatic carbocycles. The van der Waals surface area contributed by atoms with E-state index in [0.29, 0.717) is 11.0 Å². The summed E-state index contributed by atoms with van der Waals surface area (Å²) in [6.45, 7) is 17.2. The molecule has 296 valence electrons. The molecule has 0 spiro atoms. The third-order valence-electron chi connectivity index (χ3n) is 15.2. The Morgan fingerprint density at radius 1 is 0.796 bits per heavy atom. The van der Waals surface area contributed by atoms with Crippen molar-refractivity contribution in [1.82, 2.24) is 0 Å². The van der Waals surface area contributed by atoms with Crippen LogP contribution < -0.4 is 4.74 Å². The molecule has 0 radical (unpaired) electrons. The number of rotatable bonds is 19. The predicted molar refractivity (Wildman–Crippen MR) is 227 cm³/mol. The van der Waals surface area contributed by atoms with Gasteiger partial charge in [-0.05, 0) is 146 Å². The molecule has 6 rings (SSSR count). The Hall–Kier alpha value is -2.81. The van der Waals surface area contributed by atoms with Crippen LogP contribution in [0.2, 0.25) is 0 Å². The lowest BCUT2D eigenvalue weighted by Crippen LogP contribution is -2.51. The van der Waals surface area contributed by atoms with E-state index in [-0.39, 0.29) is 17.5 Å². The van der Waals surface area contributed by atoms with Crippen molar-refractivity contribution in [3.05, 3.63) is 78.4 Å². The van der Waals surface area contributed by atoms with Gasteiger partial charge >= 0.3 is 5.97 Å². The Labute approximate surface area is 330 Å². The number of allylic oxidation sites excluding steroid dienone is 2. The smallest absolute Gasteiger partial charge is 0.338 e. The van der Waals surface area contributed by atoms with E-state index in [1.807, 2.05) is 30.3 Å². The van der Waals surface area contributed by atoms with Gasteiger partial charge in [0.05, 0.1) is 12.2 Å². The molecule has 0 saturated heterocycles. The van der Waals surface area contributed by atoms with E-state index >= 15 is 0 Å². The lowest BCUT2D eigenvalue weighted by atomic mass is 9.47. The first-order chi connectivity index (χ1) is 26.1. The first kappa shape index (κ1) is 40.8. The molecule has 3 saturated carbocycles. The summed E-state index contributed by atoms with van der Waals surface area (Å²) < 4.78 is 12.2. The summed E-state index contributed by atoms with van der Waals surface area (Å²) in [4.78, 5) is 13.4. The van der Waals surface area contributed by atoms with Crippen LogP contribution in [-0.4, -0.2) is 18.7 Å². The van der Waals surface area contributed by atoms with Gasteiger partial charge in [-0.25, -0.2) is 4.79 Å². The van der Waals surface area contributed by atoms with Crippen LogP contribution in [0.5, 0.6) is 5.75 Å². The second-order valence-corrected chi connectivity index (χ2v) is 19.1. The number of esters is 1. The highest BCUT2D eigenvalue weighted by Crippen LogP contribution is 2.67. The van der Waals surface area contributed by atoms with E-state index in [9.17, 15) is 4.79 Å². The van der Waals surface area contributed by atoms with Gasteiger partial charge in [0, 0.05) is 6.42 Å². The summed E-state index contributed by atoms with van der Waals surface area (Å²) >= 11 is 0. The van der Waals surface area contributed by atoms with Gasteiger partial charge in [0.15, 0.2) is 0 Å². The van der Waals surface area contributed by atoms with E-state index < -0.39 is 0 Å². The second-order valence-electron chi connectivity index (χ2n) is 19.1. The van der Waals surface area contributed by atoms with Gasteiger partial charge in [0.2, 0.25) is 0 Å². The minimum Gasteiger partial charge on any atom is -0.494 e. The molecule has 1 unspecified atom stereocenters. The lowest BCUT2D eigenvalue weighted by Gasteiger charge is -2.58. The number of unbranched alkanes of at least 4 members (excludes halogenated alkanes) is 7. The Bertz CT molecular complexity index is 1520. The fraction of sp³-hybridized carbons (Fsp3) is 0.667. The van der Waals surface area contributed by atoms with Crippen molar-refractivity contribution in [2.75, 3.05) is 6.61 Å². The average Bonchev–Trinajstić information content (AvgIpc) is 3.53. The number of ether oxygens (including phenoxy) is 2. The summed E-state index contributed by atoms with van der Waals surface area (Å²) in [5.74, 6) is 5.79. The van der Waals surface area contributed by atoms with Crippen molar-refractivity contribution >= 4 is 5.97 Å². The molecular weight excluding hydrogens is 661 g/mol. The molecular formula is C51H74O3. The Morgan fingerprint density at radius 3 is 2.19 bits per heavy atom. The highest BCUT2D eigenvalue weighted by molar-refractivity contribution is 5.90. The third kappa shape index (κ3) is 9.58. The molecule has 3 fully saturated rings. The molecule has 0 N–H and O–H groups in total. The summed E-state index contributed by atoms with van der Waals surface area (Å²) in [5.41, 5.74) is 5.23. The number of hydrogen-bond acceptors (Lipinski definition) is 3. The molecule has 0 aliphatic heterocycles. The van der Waals surface area contributed by atoms with Gasteiger partial charge in [-0.2, -0.15) is 0 Å². The van der Waals surface area contributed by atoms with Crippen molar-refractivity contribution in [1.29, 1.82) is 0 Å². The van der Waals surface area contributed by atoms with E-state index in [4.69, 9.17) is 9.47 Å². The molecule has 0 amide bonds. The zero-order chi connectivity index (χ0) is 38.1. The zero-order valence-corrected chi connectivity index (χ0v) is 34.9. The maximum Gasteiger partial charge on any atom is 0.338 e. The van der Waals surface area contributed by atoms with Gasteiger partial charge < -0.3 is 9.47 Å². The number of hydrogen-bond donors (Lipinski definition) is 0. The van der Waals surface area contributed by atoms with Crippen LogP contribution >= 0.6 is 0 Å². The Balaban J connectivity index is 0.957. The minimum absolute atomic E-state index is 0.0237. The summed E-state index contributed by atoms with van der Waals surface area (Å²) in [7, 11) is 0. The molecule has 2 aromatic carbocycles. The summed E-state index contributed by atoms with van der Waals surface area (Å²) in [6, 6.07) is 16.3. The molecule has 54 heavy (non-hydrogen) atoms. The highest BCUT2D eigenvalue weighted by atomic mass is 16.5. The van der Waals surface area contributed by atoms with Gasteiger partial charge in [0.1, 0.15) is 11.9 Å².